The van der Waals surface area contributed by atoms with Crippen LogP contribution in [0.5, 0.6) is 17.2 Å². The fourth-order valence-electron chi connectivity index (χ4n) is 4.45. The van der Waals surface area contributed by atoms with E-state index in [1.54, 1.807) is 30.3 Å². The number of aryl methyl sites for hydroxylation is 1. The largest absolute Gasteiger partial charge is 0.507 e. The topological polar surface area (TPSA) is 99.5 Å². The summed E-state index contributed by atoms with van der Waals surface area (Å²) >= 11 is 0. The summed E-state index contributed by atoms with van der Waals surface area (Å²) in [6.45, 7) is 12.3. The van der Waals surface area contributed by atoms with Crippen LogP contribution in [0.2, 0.25) is 0 Å². The third-order valence-corrected chi connectivity index (χ3v) is 6.42. The summed E-state index contributed by atoms with van der Waals surface area (Å²) in [5.74, 6) is -0.831. The van der Waals surface area contributed by atoms with Crippen molar-refractivity contribution >= 4 is 17.4 Å². The predicted molar refractivity (Wildman–Crippen MR) is 138 cm³/mol. The van der Waals surface area contributed by atoms with Crippen molar-refractivity contribution in [1.29, 1.82) is 0 Å². The molecule has 1 aliphatic rings. The molecule has 1 amide bonds. The van der Waals surface area contributed by atoms with Gasteiger partial charge in [-0.25, -0.2) is 0 Å². The van der Waals surface area contributed by atoms with Crippen LogP contribution in [0.1, 0.15) is 50.4 Å². The van der Waals surface area contributed by atoms with Crippen molar-refractivity contribution in [2.45, 2.75) is 46.8 Å². The Morgan fingerprint density at radius 3 is 2.36 bits per heavy atom. The Labute approximate surface area is 212 Å². The van der Waals surface area contributed by atoms with Gasteiger partial charge in [0.05, 0.1) is 24.8 Å². The van der Waals surface area contributed by atoms with Crippen LogP contribution in [0, 0.1) is 6.92 Å². The Hall–Kier alpha value is -3.52. The van der Waals surface area contributed by atoms with Gasteiger partial charge in [-0.2, -0.15) is 0 Å². The molecule has 1 atom stereocenters. The first-order valence-corrected chi connectivity index (χ1v) is 12.3. The number of carbonyl (C=O) groups excluding carboxylic acids is 2. The van der Waals surface area contributed by atoms with Gasteiger partial charge in [0.1, 0.15) is 11.5 Å². The molecular weight excluding hydrogens is 460 g/mol. The highest BCUT2D eigenvalue weighted by Crippen LogP contribution is 2.42. The lowest BCUT2D eigenvalue weighted by atomic mass is 9.94. The summed E-state index contributed by atoms with van der Waals surface area (Å²) < 4.78 is 11.1. The summed E-state index contributed by atoms with van der Waals surface area (Å²) in [4.78, 5) is 30.1. The summed E-state index contributed by atoms with van der Waals surface area (Å²) in [5, 5.41) is 21.5. The molecule has 194 valence electrons. The van der Waals surface area contributed by atoms with Crippen LogP contribution in [0.15, 0.2) is 42.0 Å². The van der Waals surface area contributed by atoms with Crippen molar-refractivity contribution in [2.75, 3.05) is 33.3 Å². The molecule has 0 aromatic heterocycles. The molecule has 0 radical (unpaired) electrons. The third-order valence-electron chi connectivity index (χ3n) is 6.42. The molecule has 0 unspecified atom stereocenters. The Bertz CT molecular complexity index is 1150. The van der Waals surface area contributed by atoms with Crippen LogP contribution >= 0.6 is 0 Å². The van der Waals surface area contributed by atoms with Crippen molar-refractivity contribution in [1.82, 2.24) is 9.80 Å². The van der Waals surface area contributed by atoms with E-state index in [-0.39, 0.29) is 28.9 Å². The molecule has 1 heterocycles. The van der Waals surface area contributed by atoms with Gasteiger partial charge >= 0.3 is 0 Å². The Kier molecular flexibility index (Phi) is 8.63. The van der Waals surface area contributed by atoms with Crippen molar-refractivity contribution < 1.29 is 29.3 Å². The summed E-state index contributed by atoms with van der Waals surface area (Å²) in [5.41, 5.74) is 1.78. The van der Waals surface area contributed by atoms with E-state index in [1.165, 1.54) is 18.1 Å². The van der Waals surface area contributed by atoms with Gasteiger partial charge in [-0.15, -0.1) is 0 Å². The average Bonchev–Trinajstić information content (AvgIpc) is 3.10. The van der Waals surface area contributed by atoms with Gasteiger partial charge in [0, 0.05) is 18.7 Å². The second-order valence-electron chi connectivity index (χ2n) is 9.10. The Morgan fingerprint density at radius 1 is 1.08 bits per heavy atom. The Balaban J connectivity index is 2.13. The van der Waals surface area contributed by atoms with Crippen LogP contribution in [0.3, 0.4) is 0 Å². The van der Waals surface area contributed by atoms with Crippen molar-refractivity contribution in [3.05, 3.63) is 58.7 Å². The molecular formula is C28H36N2O6. The van der Waals surface area contributed by atoms with Crippen LogP contribution < -0.4 is 9.47 Å². The standard InChI is InChI=1S/C28H36N2O6/c1-7-29(8-2)13-14-30-25(19-9-11-21(31)23(16-19)35-6)24(27(33)28(30)34)26(32)20-10-12-22(18(5)15-20)36-17(3)4/h9-12,15-17,25,31-32H,7-8,13-14H2,1-6H3/t25-/m0/s1. The van der Waals surface area contributed by atoms with E-state index in [0.717, 1.165) is 18.7 Å². The molecule has 3 rings (SSSR count). The van der Waals surface area contributed by atoms with Crippen molar-refractivity contribution in [2.24, 2.45) is 0 Å². The highest BCUT2D eigenvalue weighted by Gasteiger charge is 2.46. The van der Waals surface area contributed by atoms with Gasteiger partial charge in [0.25, 0.3) is 11.7 Å². The van der Waals surface area contributed by atoms with Gasteiger partial charge in [0.15, 0.2) is 11.5 Å². The molecule has 1 aliphatic heterocycles. The zero-order valence-electron chi connectivity index (χ0n) is 21.9. The molecule has 0 aliphatic carbocycles. The molecule has 36 heavy (non-hydrogen) atoms. The van der Waals surface area contributed by atoms with E-state index in [9.17, 15) is 19.8 Å². The maximum absolute atomic E-state index is 13.3. The number of aromatic hydroxyl groups is 1. The number of benzene rings is 2. The van der Waals surface area contributed by atoms with E-state index >= 15 is 0 Å². The van der Waals surface area contributed by atoms with Crippen LogP contribution in [0.25, 0.3) is 5.76 Å². The second-order valence-corrected chi connectivity index (χ2v) is 9.10. The first-order chi connectivity index (χ1) is 17.1. The van der Waals surface area contributed by atoms with E-state index in [1.807, 2.05) is 34.6 Å². The Morgan fingerprint density at radius 2 is 1.78 bits per heavy atom. The number of ether oxygens (including phenoxy) is 2. The van der Waals surface area contributed by atoms with Crippen LogP contribution in [0.4, 0.5) is 0 Å². The zero-order valence-corrected chi connectivity index (χ0v) is 21.9. The van der Waals surface area contributed by atoms with Gasteiger partial charge in [0.2, 0.25) is 0 Å². The van der Waals surface area contributed by atoms with E-state index < -0.39 is 17.7 Å². The highest BCUT2D eigenvalue weighted by molar-refractivity contribution is 6.46. The zero-order chi connectivity index (χ0) is 26.6. The maximum Gasteiger partial charge on any atom is 0.295 e. The quantitative estimate of drug-likeness (QED) is 0.288. The fourth-order valence-corrected chi connectivity index (χ4v) is 4.45. The number of likely N-dealkylation sites (tertiary alicyclic amines) is 1. The minimum Gasteiger partial charge on any atom is -0.507 e. The van der Waals surface area contributed by atoms with Gasteiger partial charge in [-0.05, 0) is 75.3 Å². The van der Waals surface area contributed by atoms with Crippen molar-refractivity contribution in [3.8, 4) is 17.2 Å². The number of methoxy groups -OCH3 is 1. The van der Waals surface area contributed by atoms with Gasteiger partial charge in [-0.3, -0.25) is 9.59 Å². The fraction of sp³-hybridized carbons (Fsp3) is 0.429. The number of nitrogens with zero attached hydrogens (tertiary/aromatic N) is 2. The lowest BCUT2D eigenvalue weighted by Crippen LogP contribution is -2.38. The number of phenols is 1. The second kappa shape index (κ2) is 11.5. The third kappa shape index (κ3) is 5.49. The maximum atomic E-state index is 13.3. The molecule has 1 fully saturated rings. The molecule has 8 nitrogen and oxygen atoms in total. The van der Waals surface area contributed by atoms with Crippen LogP contribution in [-0.2, 0) is 9.59 Å². The number of amides is 1. The minimum atomic E-state index is -0.832. The number of aliphatic hydroxyl groups excluding tert-OH is 1. The summed E-state index contributed by atoms with van der Waals surface area (Å²) in [6, 6.07) is 9.02. The number of aliphatic hydroxyl groups is 1. The average molecular weight is 497 g/mol. The van der Waals surface area contributed by atoms with E-state index in [0.29, 0.717) is 30.0 Å². The first kappa shape index (κ1) is 27.1. The molecule has 2 N–H and O–H groups in total. The molecule has 0 saturated carbocycles. The van der Waals surface area contributed by atoms with Crippen LogP contribution in [-0.4, -0.2) is 71.1 Å². The number of hydrogen-bond acceptors (Lipinski definition) is 7. The van der Waals surface area contributed by atoms with E-state index in [4.69, 9.17) is 9.47 Å². The monoisotopic (exact) mass is 496 g/mol. The lowest BCUT2D eigenvalue weighted by Gasteiger charge is -2.28. The number of rotatable bonds is 10. The predicted octanol–water partition coefficient (Wildman–Crippen LogP) is 4.26. The lowest BCUT2D eigenvalue weighted by molar-refractivity contribution is -0.140. The number of Topliss-reactive ketones (excluding diaryl/α,β-unsaturated/α-hetero) is 1. The summed E-state index contributed by atoms with van der Waals surface area (Å²) in [7, 11) is 1.43. The van der Waals surface area contributed by atoms with Crippen molar-refractivity contribution in [3.63, 3.8) is 0 Å². The first-order valence-electron chi connectivity index (χ1n) is 12.3. The molecule has 0 bridgehead atoms. The van der Waals surface area contributed by atoms with Gasteiger partial charge in [-0.1, -0.05) is 19.9 Å². The summed E-state index contributed by atoms with van der Waals surface area (Å²) in [6.07, 6.45) is -0.0104. The molecule has 2 aromatic rings. The highest BCUT2D eigenvalue weighted by atomic mass is 16.5. The van der Waals surface area contributed by atoms with Gasteiger partial charge < -0.3 is 29.5 Å². The molecule has 2 aromatic carbocycles. The smallest absolute Gasteiger partial charge is 0.295 e. The minimum absolute atomic E-state index is 0.00391. The number of phenolic OH excluding ortho intramolecular Hbond substituents is 1. The SMILES string of the molecule is CCN(CC)CCN1C(=O)C(=O)C(=C(O)c2ccc(OC(C)C)c(C)c2)[C@@H]1c1ccc(O)c(OC)c1. The number of hydrogen-bond donors (Lipinski definition) is 2. The number of carbonyl (C=O) groups is 2. The number of likely N-dealkylation sites (N-methyl/N-ethyl adjacent to an activating group) is 1. The number of ketones is 1. The molecule has 8 heteroatoms. The van der Waals surface area contributed by atoms with E-state index in [2.05, 4.69) is 4.90 Å². The molecule has 1 saturated heterocycles. The normalized spacial score (nSPS) is 17.3. The molecule has 0 spiro atoms.